The molecule has 0 radical (unpaired) electrons. The van der Waals surface area contributed by atoms with Crippen molar-refractivity contribution in [3.63, 3.8) is 0 Å². The molecular formula is C13H20N2O. The molecule has 2 N–H and O–H groups in total. The highest BCUT2D eigenvalue weighted by atomic mass is 16.5. The molecule has 1 aliphatic heterocycles. The summed E-state index contributed by atoms with van der Waals surface area (Å²) in [6.45, 7) is 5.92. The van der Waals surface area contributed by atoms with Gasteiger partial charge >= 0.3 is 0 Å². The predicted octanol–water partition coefficient (Wildman–Crippen LogP) is 1.41. The lowest BCUT2D eigenvalue weighted by atomic mass is 10.2. The van der Waals surface area contributed by atoms with Gasteiger partial charge in [-0.3, -0.25) is 4.90 Å². The maximum atomic E-state index is 5.84. The van der Waals surface area contributed by atoms with Gasteiger partial charge in [-0.2, -0.15) is 0 Å². The minimum absolute atomic E-state index is 0.361. The number of nitrogens with two attached hydrogens (primary N) is 1. The Balaban J connectivity index is 1.70. The Morgan fingerprint density at radius 1 is 1.38 bits per heavy atom. The number of aryl methyl sites for hydroxylation is 1. The Labute approximate surface area is 97.2 Å². The van der Waals surface area contributed by atoms with E-state index in [0.717, 1.165) is 38.4 Å². The lowest BCUT2D eigenvalue weighted by molar-refractivity contribution is 0.236. The number of hydrogen-bond acceptors (Lipinski definition) is 3. The summed E-state index contributed by atoms with van der Waals surface area (Å²) in [4.78, 5) is 2.36. The van der Waals surface area contributed by atoms with E-state index in [1.165, 1.54) is 5.56 Å². The van der Waals surface area contributed by atoms with Gasteiger partial charge < -0.3 is 10.5 Å². The lowest BCUT2D eigenvalue weighted by Crippen LogP contribution is -2.29. The quantitative estimate of drug-likeness (QED) is 0.833. The van der Waals surface area contributed by atoms with Gasteiger partial charge in [-0.25, -0.2) is 0 Å². The Bertz CT molecular complexity index is 323. The molecule has 1 saturated heterocycles. The number of ether oxygens (including phenoxy) is 1. The summed E-state index contributed by atoms with van der Waals surface area (Å²) in [5, 5.41) is 0. The summed E-state index contributed by atoms with van der Waals surface area (Å²) in [6.07, 6.45) is 1.12. The van der Waals surface area contributed by atoms with Crippen LogP contribution in [0, 0.1) is 6.92 Å². The monoisotopic (exact) mass is 220 g/mol. The van der Waals surface area contributed by atoms with Gasteiger partial charge in [0.1, 0.15) is 12.4 Å². The van der Waals surface area contributed by atoms with Crippen molar-refractivity contribution in [3.8, 4) is 5.75 Å². The van der Waals surface area contributed by atoms with Gasteiger partial charge in [0.25, 0.3) is 0 Å². The topological polar surface area (TPSA) is 38.5 Å². The van der Waals surface area contributed by atoms with Gasteiger partial charge in [0.2, 0.25) is 0 Å². The van der Waals surface area contributed by atoms with E-state index in [2.05, 4.69) is 24.0 Å². The molecule has 0 bridgehead atoms. The number of hydrogen-bond donors (Lipinski definition) is 1. The van der Waals surface area contributed by atoms with E-state index in [9.17, 15) is 0 Å². The van der Waals surface area contributed by atoms with Crippen LogP contribution in [-0.2, 0) is 0 Å². The molecule has 1 unspecified atom stereocenters. The van der Waals surface area contributed by atoms with Crippen LogP contribution in [0.25, 0.3) is 0 Å². The van der Waals surface area contributed by atoms with E-state index in [1.54, 1.807) is 0 Å². The maximum Gasteiger partial charge on any atom is 0.119 e. The molecule has 0 aromatic heterocycles. The summed E-state index contributed by atoms with van der Waals surface area (Å²) in [6, 6.07) is 8.54. The molecule has 0 aliphatic carbocycles. The highest BCUT2D eigenvalue weighted by Gasteiger charge is 2.18. The van der Waals surface area contributed by atoms with E-state index >= 15 is 0 Å². The van der Waals surface area contributed by atoms with E-state index < -0.39 is 0 Å². The van der Waals surface area contributed by atoms with Crippen LogP contribution < -0.4 is 10.5 Å². The molecule has 1 aromatic rings. The number of benzene rings is 1. The van der Waals surface area contributed by atoms with Crippen molar-refractivity contribution in [2.75, 3.05) is 26.2 Å². The van der Waals surface area contributed by atoms with Gasteiger partial charge in [-0.15, -0.1) is 0 Å². The van der Waals surface area contributed by atoms with Gasteiger partial charge in [0.15, 0.2) is 0 Å². The van der Waals surface area contributed by atoms with Crippen LogP contribution in [0.15, 0.2) is 24.3 Å². The zero-order chi connectivity index (χ0) is 11.4. The fraction of sp³-hybridized carbons (Fsp3) is 0.538. The minimum atomic E-state index is 0.361. The largest absolute Gasteiger partial charge is 0.492 e. The Kier molecular flexibility index (Phi) is 3.80. The molecule has 2 rings (SSSR count). The zero-order valence-corrected chi connectivity index (χ0v) is 9.86. The third kappa shape index (κ3) is 3.22. The highest BCUT2D eigenvalue weighted by molar-refractivity contribution is 5.26. The van der Waals surface area contributed by atoms with Crippen molar-refractivity contribution in [2.24, 2.45) is 5.73 Å². The second-order valence-corrected chi connectivity index (χ2v) is 4.51. The van der Waals surface area contributed by atoms with Crippen LogP contribution in [0.4, 0.5) is 0 Å². The van der Waals surface area contributed by atoms with Crippen molar-refractivity contribution in [1.29, 1.82) is 0 Å². The Morgan fingerprint density at radius 2 is 2.12 bits per heavy atom. The molecule has 0 saturated carbocycles. The number of likely N-dealkylation sites (tertiary alicyclic amines) is 1. The summed E-state index contributed by atoms with van der Waals surface area (Å²) >= 11 is 0. The van der Waals surface area contributed by atoms with Crippen molar-refractivity contribution in [1.82, 2.24) is 4.90 Å². The molecule has 1 heterocycles. The van der Waals surface area contributed by atoms with E-state index in [4.69, 9.17) is 10.5 Å². The van der Waals surface area contributed by atoms with Crippen molar-refractivity contribution in [3.05, 3.63) is 29.8 Å². The summed E-state index contributed by atoms with van der Waals surface area (Å²) in [7, 11) is 0. The molecule has 1 fully saturated rings. The van der Waals surface area contributed by atoms with Crippen LogP contribution >= 0.6 is 0 Å². The van der Waals surface area contributed by atoms with Crippen LogP contribution in [0.5, 0.6) is 5.75 Å². The molecule has 16 heavy (non-hydrogen) atoms. The van der Waals surface area contributed by atoms with Crippen LogP contribution in [0.2, 0.25) is 0 Å². The van der Waals surface area contributed by atoms with Crippen LogP contribution in [-0.4, -0.2) is 37.2 Å². The average molecular weight is 220 g/mol. The second kappa shape index (κ2) is 5.32. The fourth-order valence-corrected chi connectivity index (χ4v) is 1.99. The van der Waals surface area contributed by atoms with Crippen LogP contribution in [0.1, 0.15) is 12.0 Å². The average Bonchev–Trinajstić information content (AvgIpc) is 2.67. The third-order valence-corrected chi connectivity index (χ3v) is 3.01. The first-order chi connectivity index (χ1) is 7.74. The molecule has 88 valence electrons. The maximum absolute atomic E-state index is 5.84. The number of rotatable bonds is 4. The predicted molar refractivity (Wildman–Crippen MR) is 65.7 cm³/mol. The molecule has 0 spiro atoms. The zero-order valence-electron chi connectivity index (χ0n) is 9.86. The summed E-state index contributed by atoms with van der Waals surface area (Å²) in [5.41, 5.74) is 7.10. The van der Waals surface area contributed by atoms with Crippen molar-refractivity contribution in [2.45, 2.75) is 19.4 Å². The van der Waals surface area contributed by atoms with E-state index in [-0.39, 0.29) is 0 Å². The SMILES string of the molecule is Cc1ccc(OCCN2CCC(N)C2)cc1. The van der Waals surface area contributed by atoms with Gasteiger partial charge in [0, 0.05) is 19.1 Å². The number of nitrogens with zero attached hydrogens (tertiary/aromatic N) is 1. The second-order valence-electron chi connectivity index (χ2n) is 4.51. The molecule has 1 atom stereocenters. The van der Waals surface area contributed by atoms with Gasteiger partial charge in [-0.1, -0.05) is 17.7 Å². The standard InChI is InChI=1S/C13H20N2O/c1-11-2-4-13(5-3-11)16-9-8-15-7-6-12(14)10-15/h2-5,12H,6-10,14H2,1H3. The van der Waals surface area contributed by atoms with Crippen LogP contribution in [0.3, 0.4) is 0 Å². The lowest BCUT2D eigenvalue weighted by Gasteiger charge is -2.15. The first-order valence-electron chi connectivity index (χ1n) is 5.91. The van der Waals surface area contributed by atoms with Gasteiger partial charge in [0.05, 0.1) is 0 Å². The molecule has 1 aromatic carbocycles. The van der Waals surface area contributed by atoms with Crippen molar-refractivity contribution >= 4 is 0 Å². The molecule has 3 nitrogen and oxygen atoms in total. The van der Waals surface area contributed by atoms with Crippen molar-refractivity contribution < 1.29 is 4.74 Å². The first kappa shape index (κ1) is 11.4. The molecular weight excluding hydrogens is 200 g/mol. The third-order valence-electron chi connectivity index (χ3n) is 3.01. The first-order valence-corrected chi connectivity index (χ1v) is 5.91. The molecule has 1 aliphatic rings. The smallest absolute Gasteiger partial charge is 0.119 e. The van der Waals surface area contributed by atoms with E-state index in [0.29, 0.717) is 6.04 Å². The molecule has 0 amide bonds. The fourth-order valence-electron chi connectivity index (χ4n) is 1.99. The summed E-state index contributed by atoms with van der Waals surface area (Å²) < 4.78 is 5.68. The molecule has 3 heteroatoms. The Morgan fingerprint density at radius 3 is 2.75 bits per heavy atom. The minimum Gasteiger partial charge on any atom is -0.492 e. The normalized spacial score (nSPS) is 21.2. The van der Waals surface area contributed by atoms with Gasteiger partial charge in [-0.05, 0) is 32.0 Å². The highest BCUT2D eigenvalue weighted by Crippen LogP contribution is 2.12. The van der Waals surface area contributed by atoms with E-state index in [1.807, 2.05) is 12.1 Å². The summed E-state index contributed by atoms with van der Waals surface area (Å²) in [5.74, 6) is 0.953. The Hall–Kier alpha value is -1.06.